The summed E-state index contributed by atoms with van der Waals surface area (Å²) in [5.41, 5.74) is 0.938. The molecule has 1 aliphatic heterocycles. The van der Waals surface area contributed by atoms with Crippen molar-refractivity contribution < 1.29 is 19.1 Å². The number of nitrogens with zero attached hydrogens (tertiary/aromatic N) is 1. The second-order valence-electron chi connectivity index (χ2n) is 5.87. The summed E-state index contributed by atoms with van der Waals surface area (Å²) in [5, 5.41) is 0. The van der Waals surface area contributed by atoms with Gasteiger partial charge in [-0.05, 0) is 37.7 Å². The monoisotopic (exact) mass is 303 g/mol. The molecule has 0 spiro atoms. The molecule has 2 unspecified atom stereocenters. The van der Waals surface area contributed by atoms with Gasteiger partial charge in [0, 0.05) is 6.04 Å². The standard InChI is InChI=1S/C17H21NO4/c1-2-21-16(19)15-13-8-9-14(10-13)18(15)17(20)22-11-12-6-4-3-5-7-12/h3-7,13-15H,2,8-11H2,1H3/t13?,14?,15-/m1/s1. The van der Waals surface area contributed by atoms with E-state index in [0.717, 1.165) is 24.8 Å². The third kappa shape index (κ3) is 2.80. The van der Waals surface area contributed by atoms with Crippen LogP contribution in [0.25, 0.3) is 0 Å². The van der Waals surface area contributed by atoms with Crippen LogP contribution in [-0.4, -0.2) is 35.7 Å². The molecule has 2 fully saturated rings. The van der Waals surface area contributed by atoms with Crippen molar-refractivity contribution in [2.24, 2.45) is 5.92 Å². The maximum atomic E-state index is 12.4. The van der Waals surface area contributed by atoms with E-state index in [1.165, 1.54) is 0 Å². The molecule has 0 radical (unpaired) electrons. The van der Waals surface area contributed by atoms with Crippen LogP contribution in [0.5, 0.6) is 0 Å². The van der Waals surface area contributed by atoms with Gasteiger partial charge in [0.05, 0.1) is 6.61 Å². The van der Waals surface area contributed by atoms with Gasteiger partial charge in [0.25, 0.3) is 0 Å². The van der Waals surface area contributed by atoms with Crippen LogP contribution in [0.3, 0.4) is 0 Å². The molecule has 0 N–H and O–H groups in total. The van der Waals surface area contributed by atoms with Gasteiger partial charge in [0.2, 0.25) is 0 Å². The number of carbonyl (C=O) groups excluding carboxylic acids is 2. The lowest BCUT2D eigenvalue weighted by Gasteiger charge is -2.32. The lowest BCUT2D eigenvalue weighted by atomic mass is 9.99. The van der Waals surface area contributed by atoms with E-state index in [1.54, 1.807) is 11.8 Å². The molecule has 1 amide bonds. The van der Waals surface area contributed by atoms with Crippen LogP contribution in [0, 0.1) is 5.92 Å². The van der Waals surface area contributed by atoms with E-state index in [-0.39, 0.29) is 24.5 Å². The second-order valence-corrected chi connectivity index (χ2v) is 5.87. The lowest BCUT2D eigenvalue weighted by molar-refractivity contribution is -0.150. The summed E-state index contributed by atoms with van der Waals surface area (Å²) >= 11 is 0. The third-order valence-corrected chi connectivity index (χ3v) is 4.53. The minimum absolute atomic E-state index is 0.114. The highest BCUT2D eigenvalue weighted by molar-refractivity contribution is 5.83. The van der Waals surface area contributed by atoms with Crippen molar-refractivity contribution in [1.29, 1.82) is 0 Å². The first-order valence-corrected chi connectivity index (χ1v) is 7.86. The Morgan fingerprint density at radius 1 is 1.18 bits per heavy atom. The van der Waals surface area contributed by atoms with Gasteiger partial charge in [0.1, 0.15) is 12.6 Å². The zero-order valence-corrected chi connectivity index (χ0v) is 12.7. The molecule has 1 aromatic rings. The van der Waals surface area contributed by atoms with Crippen molar-refractivity contribution in [2.45, 2.75) is 44.9 Å². The number of benzene rings is 1. The van der Waals surface area contributed by atoms with Crippen LogP contribution in [0.1, 0.15) is 31.7 Å². The summed E-state index contributed by atoms with van der Waals surface area (Å²) in [7, 11) is 0. The van der Waals surface area contributed by atoms with Crippen LogP contribution >= 0.6 is 0 Å². The highest BCUT2D eigenvalue weighted by Crippen LogP contribution is 2.43. The SMILES string of the molecule is CCOC(=O)[C@H]1C2CCC(C2)N1C(=O)OCc1ccccc1. The van der Waals surface area contributed by atoms with Crippen molar-refractivity contribution in [3.63, 3.8) is 0 Å². The van der Waals surface area contributed by atoms with E-state index >= 15 is 0 Å². The van der Waals surface area contributed by atoms with E-state index < -0.39 is 12.1 Å². The fraction of sp³-hybridized carbons (Fsp3) is 0.529. The van der Waals surface area contributed by atoms with Gasteiger partial charge in [-0.25, -0.2) is 9.59 Å². The average Bonchev–Trinajstić information content (AvgIpc) is 3.14. The van der Waals surface area contributed by atoms with Crippen molar-refractivity contribution in [1.82, 2.24) is 4.90 Å². The second kappa shape index (κ2) is 6.38. The third-order valence-electron chi connectivity index (χ3n) is 4.53. The molecule has 2 aliphatic rings. The van der Waals surface area contributed by atoms with E-state index in [1.807, 2.05) is 30.3 Å². The molecule has 0 aromatic heterocycles. The van der Waals surface area contributed by atoms with Crippen LogP contribution < -0.4 is 0 Å². The Hall–Kier alpha value is -2.04. The molecule has 22 heavy (non-hydrogen) atoms. The fourth-order valence-corrected chi connectivity index (χ4v) is 3.58. The molecule has 2 bridgehead atoms. The highest BCUT2D eigenvalue weighted by atomic mass is 16.6. The summed E-state index contributed by atoms with van der Waals surface area (Å²) in [6, 6.07) is 9.19. The number of piperidine rings is 1. The van der Waals surface area contributed by atoms with E-state index in [9.17, 15) is 9.59 Å². The molecule has 1 aromatic carbocycles. The number of hydrogen-bond acceptors (Lipinski definition) is 4. The molecule has 3 rings (SSSR count). The number of ether oxygens (including phenoxy) is 2. The minimum atomic E-state index is -0.470. The quantitative estimate of drug-likeness (QED) is 0.803. The molecule has 1 aliphatic carbocycles. The van der Waals surface area contributed by atoms with Crippen LogP contribution in [0.4, 0.5) is 4.79 Å². The van der Waals surface area contributed by atoms with Crippen LogP contribution in [0.15, 0.2) is 30.3 Å². The number of carbonyl (C=O) groups is 2. The maximum Gasteiger partial charge on any atom is 0.411 e. The molecule has 118 valence electrons. The van der Waals surface area contributed by atoms with Crippen molar-refractivity contribution in [3.8, 4) is 0 Å². The minimum Gasteiger partial charge on any atom is -0.464 e. The van der Waals surface area contributed by atoms with Gasteiger partial charge in [-0.2, -0.15) is 0 Å². The summed E-state index contributed by atoms with van der Waals surface area (Å²) in [4.78, 5) is 26.2. The van der Waals surface area contributed by atoms with Gasteiger partial charge >= 0.3 is 12.1 Å². The summed E-state index contributed by atoms with van der Waals surface area (Å²) in [6.07, 6.45) is 2.40. The van der Waals surface area contributed by atoms with Crippen LogP contribution in [0.2, 0.25) is 0 Å². The normalized spacial score (nSPS) is 26.0. The lowest BCUT2D eigenvalue weighted by Crippen LogP contribution is -2.49. The predicted molar refractivity (Wildman–Crippen MR) is 80.0 cm³/mol. The number of fused-ring (bicyclic) bond motifs is 2. The maximum absolute atomic E-state index is 12.4. The number of hydrogen-bond donors (Lipinski definition) is 0. The van der Waals surface area contributed by atoms with Gasteiger partial charge in [-0.1, -0.05) is 30.3 Å². The number of esters is 1. The van der Waals surface area contributed by atoms with Crippen molar-refractivity contribution in [2.75, 3.05) is 6.61 Å². The summed E-state index contributed by atoms with van der Waals surface area (Å²) < 4.78 is 10.5. The number of amides is 1. The molecule has 1 heterocycles. The number of rotatable bonds is 4. The smallest absolute Gasteiger partial charge is 0.411 e. The molecular formula is C17H21NO4. The Morgan fingerprint density at radius 2 is 1.95 bits per heavy atom. The largest absolute Gasteiger partial charge is 0.464 e. The highest BCUT2D eigenvalue weighted by Gasteiger charge is 2.52. The first-order chi connectivity index (χ1) is 10.7. The Morgan fingerprint density at radius 3 is 2.68 bits per heavy atom. The number of likely N-dealkylation sites (tertiary alicyclic amines) is 1. The van der Waals surface area contributed by atoms with E-state index in [4.69, 9.17) is 9.47 Å². The first kappa shape index (κ1) is 14.9. The Balaban J connectivity index is 1.66. The molecule has 5 heteroatoms. The zero-order chi connectivity index (χ0) is 15.5. The molecule has 1 saturated heterocycles. The van der Waals surface area contributed by atoms with Crippen LogP contribution in [-0.2, 0) is 20.9 Å². The van der Waals surface area contributed by atoms with Crippen molar-refractivity contribution in [3.05, 3.63) is 35.9 Å². The fourth-order valence-electron chi connectivity index (χ4n) is 3.58. The molecule has 3 atom stereocenters. The van der Waals surface area contributed by atoms with Gasteiger partial charge in [-0.15, -0.1) is 0 Å². The first-order valence-electron chi connectivity index (χ1n) is 7.86. The molecule has 1 saturated carbocycles. The summed E-state index contributed by atoms with van der Waals surface area (Å²) in [5.74, 6) is -0.0836. The van der Waals surface area contributed by atoms with E-state index in [2.05, 4.69) is 0 Å². The van der Waals surface area contributed by atoms with Gasteiger partial charge < -0.3 is 9.47 Å². The average molecular weight is 303 g/mol. The zero-order valence-electron chi connectivity index (χ0n) is 12.7. The predicted octanol–water partition coefficient (Wildman–Crippen LogP) is 2.74. The Kier molecular flexibility index (Phi) is 4.32. The van der Waals surface area contributed by atoms with E-state index in [0.29, 0.717) is 6.61 Å². The molecule has 5 nitrogen and oxygen atoms in total. The van der Waals surface area contributed by atoms with Gasteiger partial charge in [0.15, 0.2) is 0 Å². The summed E-state index contributed by atoms with van der Waals surface area (Å²) in [6.45, 7) is 2.34. The Bertz CT molecular complexity index is 545. The topological polar surface area (TPSA) is 55.8 Å². The molecular weight excluding hydrogens is 282 g/mol. The van der Waals surface area contributed by atoms with Crippen molar-refractivity contribution >= 4 is 12.1 Å². The Labute approximate surface area is 130 Å². The van der Waals surface area contributed by atoms with Gasteiger partial charge in [-0.3, -0.25) is 4.90 Å².